The zero-order valence-corrected chi connectivity index (χ0v) is 8.79. The molecule has 80 valence electrons. The zero-order chi connectivity index (χ0) is 10.7. The number of rotatable bonds is 3. The van der Waals surface area contributed by atoms with E-state index in [1.54, 1.807) is 6.20 Å². The first-order valence-electron chi connectivity index (χ1n) is 5.06. The van der Waals surface area contributed by atoms with Crippen molar-refractivity contribution < 1.29 is 4.79 Å². The normalized spacial score (nSPS) is 29.4. The zero-order valence-electron chi connectivity index (χ0n) is 8.79. The standard InChI is InChI=1S/C10H19N3O/c1-3-7-5-13-10(14)8(9(7)12)4-6(2)11/h5-6,8-9H,3-4,11-12H2,1-2H3,(H,13,14). The van der Waals surface area contributed by atoms with Gasteiger partial charge in [0, 0.05) is 18.3 Å². The van der Waals surface area contributed by atoms with E-state index in [4.69, 9.17) is 11.5 Å². The third-order valence-electron chi connectivity index (χ3n) is 2.63. The average Bonchev–Trinajstić information content (AvgIpc) is 2.12. The second kappa shape index (κ2) is 4.57. The summed E-state index contributed by atoms with van der Waals surface area (Å²) in [7, 11) is 0. The number of carbonyl (C=O) groups is 1. The van der Waals surface area contributed by atoms with Crippen molar-refractivity contribution in [2.45, 2.75) is 38.8 Å². The molecule has 0 bridgehead atoms. The predicted molar refractivity (Wildman–Crippen MR) is 56.2 cm³/mol. The molecule has 4 nitrogen and oxygen atoms in total. The highest BCUT2D eigenvalue weighted by Crippen LogP contribution is 2.21. The van der Waals surface area contributed by atoms with Crippen LogP contribution in [0.4, 0.5) is 0 Å². The van der Waals surface area contributed by atoms with Gasteiger partial charge < -0.3 is 16.8 Å². The van der Waals surface area contributed by atoms with Gasteiger partial charge in [-0.05, 0) is 25.3 Å². The first-order chi connectivity index (χ1) is 6.56. The second-order valence-electron chi connectivity index (χ2n) is 3.93. The smallest absolute Gasteiger partial charge is 0.228 e. The Balaban J connectivity index is 2.74. The van der Waals surface area contributed by atoms with Crippen LogP contribution in [0.3, 0.4) is 0 Å². The maximum atomic E-state index is 11.5. The van der Waals surface area contributed by atoms with Gasteiger partial charge in [0.1, 0.15) is 0 Å². The Bertz CT molecular complexity index is 248. The molecule has 0 fully saturated rings. The van der Waals surface area contributed by atoms with Gasteiger partial charge in [0.05, 0.1) is 5.92 Å². The van der Waals surface area contributed by atoms with Crippen LogP contribution in [0.5, 0.6) is 0 Å². The van der Waals surface area contributed by atoms with Crippen LogP contribution in [-0.2, 0) is 4.79 Å². The average molecular weight is 197 g/mol. The predicted octanol–water partition coefficient (Wildman–Crippen LogP) is 0.0909. The first kappa shape index (κ1) is 11.2. The fourth-order valence-corrected chi connectivity index (χ4v) is 1.78. The van der Waals surface area contributed by atoms with E-state index in [2.05, 4.69) is 5.32 Å². The SMILES string of the molecule is CCC1=CNC(=O)C(CC(C)N)C1N. The second-order valence-corrected chi connectivity index (χ2v) is 3.93. The number of carbonyl (C=O) groups excluding carboxylic acids is 1. The van der Waals surface area contributed by atoms with Gasteiger partial charge in [0.25, 0.3) is 0 Å². The molecule has 1 aliphatic rings. The summed E-state index contributed by atoms with van der Waals surface area (Å²) in [4.78, 5) is 11.5. The Morgan fingerprint density at radius 3 is 2.79 bits per heavy atom. The van der Waals surface area contributed by atoms with Gasteiger partial charge in [-0.3, -0.25) is 4.79 Å². The quantitative estimate of drug-likeness (QED) is 0.600. The van der Waals surface area contributed by atoms with E-state index in [1.807, 2.05) is 13.8 Å². The number of nitrogens with two attached hydrogens (primary N) is 2. The van der Waals surface area contributed by atoms with Crippen LogP contribution in [0.15, 0.2) is 11.8 Å². The van der Waals surface area contributed by atoms with Crippen LogP contribution in [-0.4, -0.2) is 18.0 Å². The van der Waals surface area contributed by atoms with E-state index in [-0.39, 0.29) is 23.9 Å². The summed E-state index contributed by atoms with van der Waals surface area (Å²) >= 11 is 0. The largest absolute Gasteiger partial charge is 0.332 e. The fourth-order valence-electron chi connectivity index (χ4n) is 1.78. The van der Waals surface area contributed by atoms with Crippen LogP contribution >= 0.6 is 0 Å². The highest BCUT2D eigenvalue weighted by atomic mass is 16.1. The highest BCUT2D eigenvalue weighted by Gasteiger charge is 2.31. The maximum absolute atomic E-state index is 11.5. The lowest BCUT2D eigenvalue weighted by Gasteiger charge is -2.29. The molecule has 1 amide bonds. The minimum atomic E-state index is -0.171. The topological polar surface area (TPSA) is 81.1 Å². The molecule has 1 aliphatic heterocycles. The number of hydrogen-bond acceptors (Lipinski definition) is 3. The van der Waals surface area contributed by atoms with Crippen molar-refractivity contribution in [3.05, 3.63) is 11.8 Å². The Morgan fingerprint density at radius 2 is 2.29 bits per heavy atom. The van der Waals surface area contributed by atoms with Crippen molar-refractivity contribution >= 4 is 5.91 Å². The summed E-state index contributed by atoms with van der Waals surface area (Å²) in [5.74, 6) is -0.179. The Hall–Kier alpha value is -0.870. The molecule has 5 N–H and O–H groups in total. The van der Waals surface area contributed by atoms with Crippen molar-refractivity contribution in [2.24, 2.45) is 17.4 Å². The van der Waals surface area contributed by atoms with Crippen LogP contribution in [0.2, 0.25) is 0 Å². The van der Waals surface area contributed by atoms with Crippen molar-refractivity contribution in [2.75, 3.05) is 0 Å². The summed E-state index contributed by atoms with van der Waals surface area (Å²) in [5.41, 5.74) is 12.8. The van der Waals surface area contributed by atoms with Crippen molar-refractivity contribution in [1.29, 1.82) is 0 Å². The lowest BCUT2D eigenvalue weighted by molar-refractivity contribution is -0.125. The number of amides is 1. The fraction of sp³-hybridized carbons (Fsp3) is 0.700. The van der Waals surface area contributed by atoms with Crippen molar-refractivity contribution in [3.8, 4) is 0 Å². The van der Waals surface area contributed by atoms with Gasteiger partial charge in [-0.15, -0.1) is 0 Å². The van der Waals surface area contributed by atoms with E-state index in [0.717, 1.165) is 12.0 Å². The third-order valence-corrected chi connectivity index (χ3v) is 2.63. The molecule has 3 atom stereocenters. The van der Waals surface area contributed by atoms with E-state index < -0.39 is 0 Å². The Morgan fingerprint density at radius 1 is 1.64 bits per heavy atom. The van der Waals surface area contributed by atoms with Gasteiger partial charge >= 0.3 is 0 Å². The molecular weight excluding hydrogens is 178 g/mol. The molecule has 0 spiro atoms. The molecule has 4 heteroatoms. The Labute approximate surface area is 84.7 Å². The molecule has 1 heterocycles. The van der Waals surface area contributed by atoms with Gasteiger partial charge in [-0.1, -0.05) is 6.92 Å². The molecule has 0 saturated heterocycles. The number of hydrogen-bond donors (Lipinski definition) is 3. The molecule has 3 unspecified atom stereocenters. The monoisotopic (exact) mass is 197 g/mol. The minimum absolute atomic E-state index is 0.00741. The van der Waals surface area contributed by atoms with Gasteiger partial charge in [-0.25, -0.2) is 0 Å². The molecule has 0 radical (unpaired) electrons. The lowest BCUT2D eigenvalue weighted by Crippen LogP contribution is -2.47. The number of nitrogens with one attached hydrogen (secondary N) is 1. The summed E-state index contributed by atoms with van der Waals surface area (Å²) in [5, 5.41) is 2.73. The Kier molecular flexibility index (Phi) is 3.66. The first-order valence-corrected chi connectivity index (χ1v) is 5.06. The van der Waals surface area contributed by atoms with Crippen LogP contribution in [0.1, 0.15) is 26.7 Å². The van der Waals surface area contributed by atoms with Crippen molar-refractivity contribution in [1.82, 2.24) is 5.32 Å². The van der Waals surface area contributed by atoms with E-state index >= 15 is 0 Å². The lowest BCUT2D eigenvalue weighted by atomic mass is 9.85. The van der Waals surface area contributed by atoms with Gasteiger partial charge in [0.2, 0.25) is 5.91 Å². The summed E-state index contributed by atoms with van der Waals surface area (Å²) in [6, 6.07) is -0.159. The molecule has 0 aromatic carbocycles. The van der Waals surface area contributed by atoms with E-state index in [9.17, 15) is 4.79 Å². The third kappa shape index (κ3) is 2.33. The molecule has 0 aromatic rings. The summed E-state index contributed by atoms with van der Waals surface area (Å²) in [6.45, 7) is 3.93. The summed E-state index contributed by atoms with van der Waals surface area (Å²) < 4.78 is 0. The summed E-state index contributed by atoms with van der Waals surface area (Å²) in [6.07, 6.45) is 3.24. The molecule has 14 heavy (non-hydrogen) atoms. The van der Waals surface area contributed by atoms with E-state index in [1.165, 1.54) is 0 Å². The van der Waals surface area contributed by atoms with Crippen LogP contribution in [0, 0.1) is 5.92 Å². The minimum Gasteiger partial charge on any atom is -0.332 e. The molecule has 0 saturated carbocycles. The molecule has 1 rings (SSSR count). The van der Waals surface area contributed by atoms with Crippen molar-refractivity contribution in [3.63, 3.8) is 0 Å². The van der Waals surface area contributed by atoms with Crippen LogP contribution in [0.25, 0.3) is 0 Å². The molecule has 0 aromatic heterocycles. The molecular formula is C10H19N3O. The van der Waals surface area contributed by atoms with Gasteiger partial charge in [-0.2, -0.15) is 0 Å². The van der Waals surface area contributed by atoms with Gasteiger partial charge in [0.15, 0.2) is 0 Å². The highest BCUT2D eigenvalue weighted by molar-refractivity contribution is 5.82. The van der Waals surface area contributed by atoms with E-state index in [0.29, 0.717) is 6.42 Å². The molecule has 0 aliphatic carbocycles. The maximum Gasteiger partial charge on any atom is 0.228 e. The van der Waals surface area contributed by atoms with Crippen LogP contribution < -0.4 is 16.8 Å².